The molecule has 0 bridgehead atoms. The molecule has 1 heterocycles. The number of hydrogen-bond donors (Lipinski definition) is 1. The highest BCUT2D eigenvalue weighted by atomic mass is 79.9. The summed E-state index contributed by atoms with van der Waals surface area (Å²) in [6, 6.07) is 15.6. The lowest BCUT2D eigenvalue weighted by molar-refractivity contribution is -0.116. The molecule has 1 aliphatic heterocycles. The zero-order valence-electron chi connectivity index (χ0n) is 12.4. The van der Waals surface area contributed by atoms with Crippen LogP contribution < -0.4 is 5.32 Å². The van der Waals surface area contributed by atoms with Crippen molar-refractivity contribution in [1.82, 2.24) is 0 Å². The molecule has 1 N–H and O–H groups in total. The summed E-state index contributed by atoms with van der Waals surface area (Å²) in [5.74, 6) is -0.142. The van der Waals surface area contributed by atoms with Gasteiger partial charge in [-0.2, -0.15) is 0 Å². The molecular formula is C19H12BrCl2NO. The van der Waals surface area contributed by atoms with E-state index in [4.69, 9.17) is 23.2 Å². The molecular weight excluding hydrogens is 409 g/mol. The predicted molar refractivity (Wildman–Crippen MR) is 103 cm³/mol. The van der Waals surface area contributed by atoms with Crippen molar-refractivity contribution in [3.63, 3.8) is 0 Å². The van der Waals surface area contributed by atoms with Gasteiger partial charge in [0.2, 0.25) is 5.91 Å². The van der Waals surface area contributed by atoms with Crippen LogP contribution in [0, 0.1) is 0 Å². The van der Waals surface area contributed by atoms with E-state index in [9.17, 15) is 4.79 Å². The molecule has 1 aliphatic rings. The Morgan fingerprint density at radius 3 is 2.54 bits per heavy atom. The fraction of sp³-hybridized carbons (Fsp3) is 0.105. The molecule has 0 spiro atoms. The second-order valence-corrected chi connectivity index (χ2v) is 7.46. The monoisotopic (exact) mass is 419 g/mol. The summed E-state index contributed by atoms with van der Waals surface area (Å²) in [7, 11) is 0. The Kier molecular flexibility index (Phi) is 4.03. The number of carbonyl (C=O) groups is 1. The van der Waals surface area contributed by atoms with Gasteiger partial charge in [-0.1, -0.05) is 75.5 Å². The summed E-state index contributed by atoms with van der Waals surface area (Å²) in [5, 5.41) is 6.11. The number of hydrogen-bond acceptors (Lipinski definition) is 1. The van der Waals surface area contributed by atoms with Crippen LogP contribution in [0.25, 0.3) is 10.8 Å². The van der Waals surface area contributed by atoms with Gasteiger partial charge in [0.1, 0.15) is 0 Å². The number of carbonyl (C=O) groups excluding carboxylic acids is 1. The third-order valence-corrected chi connectivity index (χ3v) is 5.90. The van der Waals surface area contributed by atoms with Gasteiger partial charge < -0.3 is 5.32 Å². The molecule has 0 aromatic heterocycles. The van der Waals surface area contributed by atoms with Gasteiger partial charge in [0.15, 0.2) is 0 Å². The van der Waals surface area contributed by atoms with Gasteiger partial charge in [0.25, 0.3) is 0 Å². The predicted octanol–water partition coefficient (Wildman–Crippen LogP) is 6.38. The van der Waals surface area contributed by atoms with Crippen LogP contribution in [-0.2, 0) is 4.79 Å². The molecule has 3 aromatic carbocycles. The van der Waals surface area contributed by atoms with E-state index in [1.165, 1.54) is 0 Å². The first kappa shape index (κ1) is 15.9. The molecule has 1 amide bonds. The Balaban J connectivity index is 2.01. The lowest BCUT2D eigenvalue weighted by atomic mass is 9.83. The Morgan fingerprint density at radius 2 is 1.75 bits per heavy atom. The van der Waals surface area contributed by atoms with E-state index in [0.29, 0.717) is 16.5 Å². The van der Waals surface area contributed by atoms with Gasteiger partial charge in [0.05, 0.1) is 15.7 Å². The normalized spacial score (nSPS) is 16.8. The molecule has 0 aliphatic carbocycles. The molecule has 1 atom stereocenters. The van der Waals surface area contributed by atoms with E-state index in [1.54, 1.807) is 6.07 Å². The quantitative estimate of drug-likeness (QED) is 0.485. The largest absolute Gasteiger partial charge is 0.325 e. The molecule has 0 fully saturated rings. The molecule has 4 rings (SSSR count). The molecule has 0 saturated carbocycles. The molecule has 5 heteroatoms. The third-order valence-electron chi connectivity index (χ3n) is 4.41. The molecule has 120 valence electrons. The Hall–Kier alpha value is -1.55. The van der Waals surface area contributed by atoms with Crippen LogP contribution in [0.3, 0.4) is 0 Å². The molecule has 24 heavy (non-hydrogen) atoms. The zero-order chi connectivity index (χ0) is 16.8. The van der Waals surface area contributed by atoms with Crippen molar-refractivity contribution in [3.05, 3.63) is 74.2 Å². The average Bonchev–Trinajstić information content (AvgIpc) is 2.58. The summed E-state index contributed by atoms with van der Waals surface area (Å²) >= 11 is 16.3. The molecule has 0 radical (unpaired) electrons. The minimum atomic E-state index is -0.124. The number of benzene rings is 3. The fourth-order valence-corrected chi connectivity index (χ4v) is 4.35. The second kappa shape index (κ2) is 6.07. The van der Waals surface area contributed by atoms with Crippen molar-refractivity contribution in [2.45, 2.75) is 12.3 Å². The average molecular weight is 421 g/mol. The third kappa shape index (κ3) is 2.52. The standard InChI is InChI=1S/C19H12BrCl2NO/c20-15-8-14-13(11-6-3-7-16(21)18(11)22)9-17(24)23-19(14)12-5-2-1-4-10(12)15/h1-8,13H,9H2,(H,23,24). The first-order chi connectivity index (χ1) is 11.6. The summed E-state index contributed by atoms with van der Waals surface area (Å²) in [4.78, 5) is 12.3. The van der Waals surface area contributed by atoms with Crippen molar-refractivity contribution in [2.75, 3.05) is 5.32 Å². The summed E-state index contributed by atoms with van der Waals surface area (Å²) in [6.07, 6.45) is 0.345. The Bertz CT molecular complexity index is 987. The van der Waals surface area contributed by atoms with E-state index in [0.717, 1.165) is 32.1 Å². The van der Waals surface area contributed by atoms with Crippen molar-refractivity contribution in [3.8, 4) is 0 Å². The second-order valence-electron chi connectivity index (χ2n) is 5.82. The highest BCUT2D eigenvalue weighted by molar-refractivity contribution is 9.10. The van der Waals surface area contributed by atoms with Crippen molar-refractivity contribution >= 4 is 61.5 Å². The first-order valence-corrected chi connectivity index (χ1v) is 9.06. The number of fused-ring (bicyclic) bond motifs is 3. The Labute approximate surface area is 157 Å². The minimum absolute atomic E-state index is 0.0176. The van der Waals surface area contributed by atoms with Crippen molar-refractivity contribution < 1.29 is 4.79 Å². The maximum Gasteiger partial charge on any atom is 0.225 e. The summed E-state index contributed by atoms with van der Waals surface area (Å²) < 4.78 is 0.996. The highest BCUT2D eigenvalue weighted by Gasteiger charge is 2.30. The number of amides is 1. The van der Waals surface area contributed by atoms with Crippen LogP contribution in [0.5, 0.6) is 0 Å². The van der Waals surface area contributed by atoms with Gasteiger partial charge in [-0.15, -0.1) is 0 Å². The van der Waals surface area contributed by atoms with E-state index in [-0.39, 0.29) is 11.8 Å². The first-order valence-electron chi connectivity index (χ1n) is 7.51. The number of nitrogens with one attached hydrogen (secondary N) is 1. The van der Waals surface area contributed by atoms with E-state index in [2.05, 4.69) is 27.3 Å². The van der Waals surface area contributed by atoms with Crippen molar-refractivity contribution in [2.24, 2.45) is 0 Å². The number of anilines is 1. The van der Waals surface area contributed by atoms with Gasteiger partial charge in [0, 0.05) is 22.2 Å². The maximum absolute atomic E-state index is 12.3. The van der Waals surface area contributed by atoms with Crippen LogP contribution in [-0.4, -0.2) is 5.91 Å². The van der Waals surface area contributed by atoms with E-state index < -0.39 is 0 Å². The van der Waals surface area contributed by atoms with Crippen LogP contribution in [0.2, 0.25) is 10.0 Å². The van der Waals surface area contributed by atoms with Crippen LogP contribution in [0.4, 0.5) is 5.69 Å². The van der Waals surface area contributed by atoms with Crippen LogP contribution in [0.1, 0.15) is 23.5 Å². The molecule has 2 nitrogen and oxygen atoms in total. The van der Waals surface area contributed by atoms with Crippen LogP contribution in [0.15, 0.2) is 53.0 Å². The SMILES string of the molecule is O=C1CC(c2cccc(Cl)c2Cl)c2cc(Br)c3ccccc3c2N1. The fourth-order valence-electron chi connectivity index (χ4n) is 3.32. The topological polar surface area (TPSA) is 29.1 Å². The van der Waals surface area contributed by atoms with Gasteiger partial charge in [-0.25, -0.2) is 0 Å². The molecule has 3 aromatic rings. The molecule has 0 saturated heterocycles. The minimum Gasteiger partial charge on any atom is -0.325 e. The highest BCUT2D eigenvalue weighted by Crippen LogP contribution is 2.45. The van der Waals surface area contributed by atoms with Crippen LogP contribution >= 0.6 is 39.1 Å². The lowest BCUT2D eigenvalue weighted by Gasteiger charge is -2.28. The van der Waals surface area contributed by atoms with Gasteiger partial charge >= 0.3 is 0 Å². The maximum atomic E-state index is 12.3. The zero-order valence-corrected chi connectivity index (χ0v) is 15.5. The smallest absolute Gasteiger partial charge is 0.225 e. The molecule has 1 unspecified atom stereocenters. The Morgan fingerprint density at radius 1 is 1.00 bits per heavy atom. The number of halogens is 3. The number of rotatable bonds is 1. The van der Waals surface area contributed by atoms with Gasteiger partial charge in [-0.05, 0) is 28.6 Å². The lowest BCUT2D eigenvalue weighted by Crippen LogP contribution is -2.24. The van der Waals surface area contributed by atoms with E-state index in [1.807, 2.05) is 36.4 Å². The van der Waals surface area contributed by atoms with Crippen molar-refractivity contribution in [1.29, 1.82) is 0 Å². The van der Waals surface area contributed by atoms with Gasteiger partial charge in [-0.3, -0.25) is 4.79 Å². The summed E-state index contributed by atoms with van der Waals surface area (Å²) in [5.41, 5.74) is 2.78. The van der Waals surface area contributed by atoms with E-state index >= 15 is 0 Å². The summed E-state index contributed by atoms with van der Waals surface area (Å²) in [6.45, 7) is 0.